The van der Waals surface area contributed by atoms with Gasteiger partial charge in [0.05, 0.1) is 0 Å². The largest absolute Gasteiger partial charge is 0.281 e. The lowest BCUT2D eigenvalue weighted by atomic mass is 10.1. The summed E-state index contributed by atoms with van der Waals surface area (Å²) in [6, 6.07) is 0. The Labute approximate surface area is 143 Å². The summed E-state index contributed by atoms with van der Waals surface area (Å²) in [4.78, 5) is 10.6. The van der Waals surface area contributed by atoms with E-state index in [0.29, 0.717) is 6.42 Å². The highest BCUT2D eigenvalue weighted by Gasteiger charge is 1.95. The van der Waals surface area contributed by atoms with E-state index in [4.69, 9.17) is 11.6 Å². The van der Waals surface area contributed by atoms with Crippen LogP contribution in [0.4, 0.5) is 0 Å². The van der Waals surface area contributed by atoms with Gasteiger partial charge in [-0.3, -0.25) is 4.79 Å². The minimum absolute atomic E-state index is 0.198. The van der Waals surface area contributed by atoms with Gasteiger partial charge in [-0.1, -0.05) is 83.3 Å². The van der Waals surface area contributed by atoms with Crippen molar-refractivity contribution >= 4 is 16.8 Å². The minimum atomic E-state index is -0.198. The second kappa shape index (κ2) is 18.7. The number of unbranched alkanes of at least 4 members (excludes halogenated alkanes) is 13. The highest BCUT2D eigenvalue weighted by molar-refractivity contribution is 6.63. The second-order valence-corrected chi connectivity index (χ2v) is 6.82. The van der Waals surface area contributed by atoms with Gasteiger partial charge in [-0.15, -0.1) is 0 Å². The molecule has 0 saturated carbocycles. The van der Waals surface area contributed by atoms with Crippen molar-refractivity contribution in [1.29, 1.82) is 0 Å². The van der Waals surface area contributed by atoms with Gasteiger partial charge < -0.3 is 0 Å². The van der Waals surface area contributed by atoms with Crippen LogP contribution < -0.4 is 0 Å². The molecule has 0 heterocycles. The molecule has 0 spiro atoms. The van der Waals surface area contributed by atoms with Gasteiger partial charge in [0, 0.05) is 6.42 Å². The normalized spacial score (nSPS) is 11.4. The van der Waals surface area contributed by atoms with E-state index >= 15 is 0 Å². The first-order valence-corrected chi connectivity index (χ1v) is 9.98. The minimum Gasteiger partial charge on any atom is -0.281 e. The molecule has 0 rings (SSSR count). The van der Waals surface area contributed by atoms with Crippen molar-refractivity contribution in [1.82, 2.24) is 0 Å². The van der Waals surface area contributed by atoms with Crippen molar-refractivity contribution in [3.63, 3.8) is 0 Å². The fraction of sp³-hybridized carbons (Fsp3) is 0.850. The molecular formula is C20H37ClO. The van der Waals surface area contributed by atoms with Gasteiger partial charge in [0.25, 0.3) is 0 Å². The maximum absolute atomic E-state index is 10.6. The number of allylic oxidation sites excluding steroid dienone is 2. The third kappa shape index (κ3) is 19.7. The number of hydrogen-bond donors (Lipinski definition) is 0. The molecule has 0 bridgehead atoms. The molecule has 0 unspecified atom stereocenters. The summed E-state index contributed by atoms with van der Waals surface area (Å²) in [6.45, 7) is 2.28. The summed E-state index contributed by atoms with van der Waals surface area (Å²) in [6.07, 6.45) is 24.8. The zero-order valence-corrected chi connectivity index (χ0v) is 15.5. The predicted octanol–water partition coefficient (Wildman–Crippen LogP) is 7.57. The molecule has 22 heavy (non-hydrogen) atoms. The van der Waals surface area contributed by atoms with E-state index in [1.165, 1.54) is 77.0 Å². The summed E-state index contributed by atoms with van der Waals surface area (Å²) in [5.41, 5.74) is 0. The molecule has 0 fully saturated rings. The Balaban J connectivity index is 3.06. The molecule has 0 aliphatic heterocycles. The smallest absolute Gasteiger partial charge is 0.221 e. The van der Waals surface area contributed by atoms with E-state index in [2.05, 4.69) is 19.1 Å². The Bertz CT molecular complexity index is 260. The summed E-state index contributed by atoms with van der Waals surface area (Å²) in [5.74, 6) is 0. The zero-order chi connectivity index (χ0) is 16.3. The molecule has 130 valence electrons. The van der Waals surface area contributed by atoms with Crippen LogP contribution in [-0.2, 0) is 4.79 Å². The summed E-state index contributed by atoms with van der Waals surface area (Å²) in [5, 5.41) is -0.198. The lowest BCUT2D eigenvalue weighted by Crippen LogP contribution is -1.85. The summed E-state index contributed by atoms with van der Waals surface area (Å²) < 4.78 is 0. The predicted molar refractivity (Wildman–Crippen MR) is 99.5 cm³/mol. The average Bonchev–Trinajstić information content (AvgIpc) is 2.50. The Morgan fingerprint density at radius 3 is 1.55 bits per heavy atom. The van der Waals surface area contributed by atoms with E-state index in [0.717, 1.165) is 19.3 Å². The fourth-order valence-electron chi connectivity index (χ4n) is 2.69. The van der Waals surface area contributed by atoms with Gasteiger partial charge in [-0.2, -0.15) is 0 Å². The van der Waals surface area contributed by atoms with Crippen LogP contribution in [0.2, 0.25) is 0 Å². The molecule has 2 heteroatoms. The third-order valence-electron chi connectivity index (χ3n) is 4.14. The van der Waals surface area contributed by atoms with Crippen molar-refractivity contribution < 1.29 is 4.79 Å². The first kappa shape index (κ1) is 21.7. The Morgan fingerprint density at radius 2 is 1.09 bits per heavy atom. The van der Waals surface area contributed by atoms with Crippen LogP contribution in [0.25, 0.3) is 0 Å². The molecule has 0 aliphatic rings. The van der Waals surface area contributed by atoms with E-state index in [1.807, 2.05) is 0 Å². The Morgan fingerprint density at radius 1 is 0.682 bits per heavy atom. The molecule has 0 saturated heterocycles. The number of halogens is 1. The van der Waals surface area contributed by atoms with Crippen molar-refractivity contribution in [2.45, 2.75) is 110 Å². The zero-order valence-electron chi connectivity index (χ0n) is 14.8. The monoisotopic (exact) mass is 328 g/mol. The van der Waals surface area contributed by atoms with E-state index in [1.54, 1.807) is 0 Å². The van der Waals surface area contributed by atoms with Crippen LogP contribution >= 0.6 is 11.6 Å². The lowest BCUT2D eigenvalue weighted by molar-refractivity contribution is -0.111. The molecule has 0 aromatic heterocycles. The molecule has 0 radical (unpaired) electrons. The molecule has 0 aromatic rings. The SMILES string of the molecule is CCCCCCCCCCCC/C=C/CCCCCC(=O)Cl. The van der Waals surface area contributed by atoms with E-state index < -0.39 is 0 Å². The van der Waals surface area contributed by atoms with Crippen LogP contribution in [-0.4, -0.2) is 5.24 Å². The second-order valence-electron chi connectivity index (χ2n) is 6.40. The number of carbonyl (C=O) groups is 1. The molecule has 0 aliphatic carbocycles. The van der Waals surface area contributed by atoms with Crippen LogP contribution in [0.1, 0.15) is 110 Å². The van der Waals surface area contributed by atoms with Gasteiger partial charge in [-0.25, -0.2) is 0 Å². The standard InChI is InChI=1S/C20H37ClO/c1-2-3-4-5-6-7-8-9-10-11-12-13-14-15-16-17-18-19-20(21)22/h13-14H,2-12,15-19H2,1H3/b14-13+. The van der Waals surface area contributed by atoms with Crippen LogP contribution in [0.5, 0.6) is 0 Å². The number of hydrogen-bond acceptors (Lipinski definition) is 1. The maximum Gasteiger partial charge on any atom is 0.221 e. The van der Waals surface area contributed by atoms with Crippen molar-refractivity contribution in [3.05, 3.63) is 12.2 Å². The Kier molecular flexibility index (Phi) is 18.5. The van der Waals surface area contributed by atoms with Crippen LogP contribution in [0.3, 0.4) is 0 Å². The van der Waals surface area contributed by atoms with Crippen LogP contribution in [0.15, 0.2) is 12.2 Å². The van der Waals surface area contributed by atoms with E-state index in [9.17, 15) is 4.79 Å². The fourth-order valence-corrected chi connectivity index (χ4v) is 2.82. The number of rotatable bonds is 17. The van der Waals surface area contributed by atoms with Crippen molar-refractivity contribution in [3.8, 4) is 0 Å². The topological polar surface area (TPSA) is 17.1 Å². The highest BCUT2D eigenvalue weighted by Crippen LogP contribution is 2.11. The quantitative estimate of drug-likeness (QED) is 0.153. The molecule has 1 nitrogen and oxygen atoms in total. The molecule has 0 N–H and O–H groups in total. The van der Waals surface area contributed by atoms with Gasteiger partial charge in [-0.05, 0) is 43.7 Å². The molecular weight excluding hydrogens is 292 g/mol. The van der Waals surface area contributed by atoms with Crippen molar-refractivity contribution in [2.75, 3.05) is 0 Å². The van der Waals surface area contributed by atoms with Gasteiger partial charge >= 0.3 is 0 Å². The average molecular weight is 329 g/mol. The first-order chi connectivity index (χ1) is 10.8. The summed E-state index contributed by atoms with van der Waals surface area (Å²) in [7, 11) is 0. The van der Waals surface area contributed by atoms with Gasteiger partial charge in [0.2, 0.25) is 5.24 Å². The van der Waals surface area contributed by atoms with Gasteiger partial charge in [0.1, 0.15) is 0 Å². The highest BCUT2D eigenvalue weighted by atomic mass is 35.5. The van der Waals surface area contributed by atoms with Crippen molar-refractivity contribution in [2.24, 2.45) is 0 Å². The molecule has 0 atom stereocenters. The lowest BCUT2D eigenvalue weighted by Gasteiger charge is -2.01. The Hall–Kier alpha value is -0.300. The molecule has 0 aromatic carbocycles. The van der Waals surface area contributed by atoms with Gasteiger partial charge in [0.15, 0.2) is 0 Å². The number of carbonyl (C=O) groups excluding carboxylic acids is 1. The first-order valence-electron chi connectivity index (χ1n) is 9.60. The summed E-state index contributed by atoms with van der Waals surface area (Å²) >= 11 is 5.30. The molecule has 0 amide bonds. The maximum atomic E-state index is 10.6. The van der Waals surface area contributed by atoms with E-state index in [-0.39, 0.29) is 5.24 Å². The third-order valence-corrected chi connectivity index (χ3v) is 4.32. The van der Waals surface area contributed by atoms with Crippen LogP contribution in [0, 0.1) is 0 Å².